The minimum absolute atomic E-state index is 0.0375. The molecule has 1 atom stereocenters. The first-order chi connectivity index (χ1) is 18.4. The van der Waals surface area contributed by atoms with Crippen LogP contribution in [0.3, 0.4) is 0 Å². The van der Waals surface area contributed by atoms with E-state index in [1.165, 1.54) is 23.5 Å². The molecule has 5 rings (SSSR count). The van der Waals surface area contributed by atoms with E-state index in [1.54, 1.807) is 27.5 Å². The Bertz CT molecular complexity index is 1520. The van der Waals surface area contributed by atoms with Crippen LogP contribution < -0.4 is 9.64 Å². The van der Waals surface area contributed by atoms with Crippen molar-refractivity contribution < 1.29 is 17.9 Å². The number of carbonyl (C=O) groups excluding carboxylic acids is 1. The number of rotatable bonds is 8. The molecule has 0 N–H and O–H groups in total. The monoisotopic (exact) mass is 550 g/mol. The molecule has 2 aromatic heterocycles. The van der Waals surface area contributed by atoms with Gasteiger partial charge in [-0.15, -0.1) is 0 Å². The summed E-state index contributed by atoms with van der Waals surface area (Å²) in [6.45, 7) is 5.10. The van der Waals surface area contributed by atoms with E-state index < -0.39 is 10.0 Å². The molecule has 1 aliphatic rings. The van der Waals surface area contributed by atoms with Gasteiger partial charge >= 0.3 is 0 Å². The van der Waals surface area contributed by atoms with Gasteiger partial charge in [-0.2, -0.15) is 4.31 Å². The Morgan fingerprint density at radius 1 is 1.11 bits per heavy atom. The number of pyridine rings is 1. The van der Waals surface area contributed by atoms with Crippen LogP contribution in [0.25, 0.3) is 10.2 Å². The number of carbonyl (C=O) groups is 1. The van der Waals surface area contributed by atoms with Crippen LogP contribution in [0.5, 0.6) is 5.75 Å². The summed E-state index contributed by atoms with van der Waals surface area (Å²) in [5.74, 6) is 0.377. The van der Waals surface area contributed by atoms with Gasteiger partial charge in [0.25, 0.3) is 5.91 Å². The Kier molecular flexibility index (Phi) is 7.73. The van der Waals surface area contributed by atoms with Crippen molar-refractivity contribution in [3.8, 4) is 5.75 Å². The lowest BCUT2D eigenvalue weighted by Crippen LogP contribution is -2.41. The Morgan fingerprint density at radius 2 is 1.92 bits per heavy atom. The van der Waals surface area contributed by atoms with Gasteiger partial charge in [-0.1, -0.05) is 29.9 Å². The van der Waals surface area contributed by atoms with E-state index in [9.17, 15) is 13.2 Å². The second kappa shape index (κ2) is 11.2. The summed E-state index contributed by atoms with van der Waals surface area (Å²) in [7, 11) is -3.63. The highest BCUT2D eigenvalue weighted by Gasteiger charge is 2.31. The largest absolute Gasteiger partial charge is 0.492 e. The predicted octanol–water partition coefficient (Wildman–Crippen LogP) is 5.50. The molecular formula is C28H30N4O4S2. The minimum atomic E-state index is -3.63. The first-order valence-corrected chi connectivity index (χ1v) is 15.0. The summed E-state index contributed by atoms with van der Waals surface area (Å²) >= 11 is 1.40. The maximum absolute atomic E-state index is 13.8. The number of hydrogen-bond acceptors (Lipinski definition) is 7. The van der Waals surface area contributed by atoms with Gasteiger partial charge in [0.15, 0.2) is 5.13 Å². The maximum atomic E-state index is 13.8. The molecule has 0 bridgehead atoms. The summed E-state index contributed by atoms with van der Waals surface area (Å²) < 4.78 is 34.7. The van der Waals surface area contributed by atoms with Crippen molar-refractivity contribution in [3.63, 3.8) is 0 Å². The van der Waals surface area contributed by atoms with Crippen LogP contribution in [-0.4, -0.2) is 47.8 Å². The Morgan fingerprint density at radius 3 is 2.63 bits per heavy atom. The maximum Gasteiger partial charge on any atom is 0.260 e. The zero-order valence-electron chi connectivity index (χ0n) is 21.4. The van der Waals surface area contributed by atoms with E-state index in [1.807, 2.05) is 50.2 Å². The lowest BCUT2D eigenvalue weighted by atomic mass is 10.1. The molecule has 1 unspecified atom stereocenters. The molecule has 0 spiro atoms. The van der Waals surface area contributed by atoms with E-state index in [0.717, 1.165) is 24.0 Å². The standard InChI is InChI=1S/C28H30N4O4S2/c1-3-36-24-11-8-12-25-26(24)30-28(37-25)31(19-22-10-4-6-17-29-22)27(33)21-13-15-23(16-14-21)38(34,35)32-18-7-5-9-20(32)2/h4,6,8,10-17,20H,3,5,7,9,18-19H2,1-2H3. The number of amides is 1. The average Bonchev–Trinajstić information content (AvgIpc) is 3.37. The second-order valence-corrected chi connectivity index (χ2v) is 12.1. The summed E-state index contributed by atoms with van der Waals surface area (Å²) in [6, 6.07) is 17.4. The number of thiazole rings is 1. The Labute approximate surface area is 227 Å². The third-order valence-electron chi connectivity index (χ3n) is 6.64. The molecule has 3 heterocycles. The third kappa shape index (κ3) is 5.29. The average molecular weight is 551 g/mol. The highest BCUT2D eigenvalue weighted by atomic mass is 32.2. The van der Waals surface area contributed by atoms with Crippen molar-refractivity contribution >= 4 is 42.6 Å². The normalized spacial score (nSPS) is 16.4. The molecule has 198 valence electrons. The number of piperidine rings is 1. The molecule has 2 aromatic carbocycles. The number of ether oxygens (including phenoxy) is 1. The molecule has 0 radical (unpaired) electrons. The molecule has 1 saturated heterocycles. The number of anilines is 1. The van der Waals surface area contributed by atoms with E-state index >= 15 is 0 Å². The zero-order valence-corrected chi connectivity index (χ0v) is 23.0. The van der Waals surface area contributed by atoms with E-state index in [2.05, 4.69) is 4.98 Å². The van der Waals surface area contributed by atoms with Crippen LogP contribution in [0.15, 0.2) is 71.8 Å². The summed E-state index contributed by atoms with van der Waals surface area (Å²) in [4.78, 5) is 24.8. The Hall–Kier alpha value is -3.34. The van der Waals surface area contributed by atoms with Gasteiger partial charge in [-0.3, -0.25) is 14.7 Å². The van der Waals surface area contributed by atoms with E-state index in [0.29, 0.717) is 40.8 Å². The predicted molar refractivity (Wildman–Crippen MR) is 149 cm³/mol. The highest BCUT2D eigenvalue weighted by molar-refractivity contribution is 7.89. The fraction of sp³-hybridized carbons (Fsp3) is 0.321. The number of sulfonamides is 1. The lowest BCUT2D eigenvalue weighted by molar-refractivity contribution is 0.0984. The minimum Gasteiger partial charge on any atom is -0.492 e. The number of fused-ring (bicyclic) bond motifs is 1. The molecule has 0 saturated carbocycles. The van der Waals surface area contributed by atoms with Crippen molar-refractivity contribution in [2.45, 2.75) is 50.6 Å². The van der Waals surface area contributed by atoms with Crippen LogP contribution >= 0.6 is 11.3 Å². The van der Waals surface area contributed by atoms with Crippen molar-refractivity contribution in [1.29, 1.82) is 0 Å². The van der Waals surface area contributed by atoms with Gasteiger partial charge in [-0.05, 0) is 75.2 Å². The van der Waals surface area contributed by atoms with Gasteiger partial charge in [0, 0.05) is 24.3 Å². The van der Waals surface area contributed by atoms with Crippen LogP contribution in [0.2, 0.25) is 0 Å². The molecule has 0 aliphatic carbocycles. The van der Waals surface area contributed by atoms with E-state index in [-0.39, 0.29) is 23.4 Å². The molecule has 1 fully saturated rings. The number of para-hydroxylation sites is 1. The van der Waals surface area contributed by atoms with Crippen LogP contribution in [-0.2, 0) is 16.6 Å². The molecule has 4 aromatic rings. The van der Waals surface area contributed by atoms with Crippen LogP contribution in [0.4, 0.5) is 5.13 Å². The molecular weight excluding hydrogens is 520 g/mol. The fourth-order valence-electron chi connectivity index (χ4n) is 4.67. The fourth-order valence-corrected chi connectivity index (χ4v) is 7.35. The molecule has 10 heteroatoms. The highest BCUT2D eigenvalue weighted by Crippen LogP contribution is 2.35. The second-order valence-electron chi connectivity index (χ2n) is 9.23. The summed E-state index contributed by atoms with van der Waals surface area (Å²) in [5.41, 5.74) is 1.78. The van der Waals surface area contributed by atoms with E-state index in [4.69, 9.17) is 9.72 Å². The summed E-state index contributed by atoms with van der Waals surface area (Å²) in [6.07, 6.45) is 4.43. The SMILES string of the molecule is CCOc1cccc2sc(N(Cc3ccccn3)C(=O)c3ccc(S(=O)(=O)N4CCCCC4C)cc3)nc12. The number of benzene rings is 2. The number of aromatic nitrogens is 2. The van der Waals surface area contributed by atoms with Crippen molar-refractivity contribution in [1.82, 2.24) is 14.3 Å². The number of hydrogen-bond donors (Lipinski definition) is 0. The quantitative estimate of drug-likeness (QED) is 0.288. The summed E-state index contributed by atoms with van der Waals surface area (Å²) in [5, 5.41) is 0.515. The smallest absolute Gasteiger partial charge is 0.260 e. The van der Waals surface area contributed by atoms with Crippen molar-refractivity contribution in [2.24, 2.45) is 0 Å². The molecule has 8 nitrogen and oxygen atoms in total. The van der Waals surface area contributed by atoms with Crippen molar-refractivity contribution in [2.75, 3.05) is 18.1 Å². The third-order valence-corrected chi connectivity index (χ3v) is 9.71. The number of nitrogens with zero attached hydrogens (tertiary/aromatic N) is 4. The van der Waals surface area contributed by atoms with Crippen LogP contribution in [0.1, 0.15) is 49.2 Å². The van der Waals surface area contributed by atoms with Crippen LogP contribution in [0, 0.1) is 0 Å². The zero-order chi connectivity index (χ0) is 26.7. The van der Waals surface area contributed by atoms with Gasteiger partial charge in [0.05, 0.1) is 28.4 Å². The molecule has 1 amide bonds. The Balaban J connectivity index is 1.48. The van der Waals surface area contributed by atoms with Crippen molar-refractivity contribution in [3.05, 3.63) is 78.1 Å². The van der Waals surface area contributed by atoms with Gasteiger partial charge < -0.3 is 4.74 Å². The molecule has 38 heavy (non-hydrogen) atoms. The molecule has 1 aliphatic heterocycles. The van der Waals surface area contributed by atoms with Gasteiger partial charge in [0.2, 0.25) is 10.0 Å². The lowest BCUT2D eigenvalue weighted by Gasteiger charge is -2.32. The first-order valence-electron chi connectivity index (χ1n) is 12.7. The topological polar surface area (TPSA) is 92.7 Å². The van der Waals surface area contributed by atoms with Gasteiger partial charge in [0.1, 0.15) is 11.3 Å². The van der Waals surface area contributed by atoms with Gasteiger partial charge in [-0.25, -0.2) is 13.4 Å². The first kappa shape index (κ1) is 26.3.